The maximum atomic E-state index is 5.49. The molecule has 5 nitrogen and oxygen atoms in total. The lowest BCUT2D eigenvalue weighted by molar-refractivity contribution is 0.268. The minimum absolute atomic E-state index is 0.473. The van der Waals surface area contributed by atoms with Crippen molar-refractivity contribution in [3.05, 3.63) is 12.3 Å². The van der Waals surface area contributed by atoms with Gasteiger partial charge in [0.05, 0.1) is 6.26 Å². The number of nitrogens with two attached hydrogens (primary N) is 3. The van der Waals surface area contributed by atoms with E-state index < -0.39 is 14.3 Å². The lowest BCUT2D eigenvalue weighted by Crippen LogP contribution is -2.58. The van der Waals surface area contributed by atoms with Crippen LogP contribution in [0.25, 0.3) is 0 Å². The molecule has 14 heavy (non-hydrogen) atoms. The summed E-state index contributed by atoms with van der Waals surface area (Å²) in [5.74, 6) is -1.15. The number of hydrogen-bond acceptors (Lipinski definition) is 5. The third-order valence-electron chi connectivity index (χ3n) is 1.90. The summed E-state index contributed by atoms with van der Waals surface area (Å²) in [5, 5.41) is 0. The zero-order chi connectivity index (χ0) is 11.2. The predicted octanol–water partition coefficient (Wildman–Crippen LogP) is 0.175. The number of hydrogen-bond donors (Lipinski definition) is 3. The standard InChI is InChI=1S/C8H21N3O2Si/c1-4-6-13-14(3,12-2)7-5-8(9,10)11/h4,6H,5,7,9-11H2,1-3H3. The molecule has 0 fully saturated rings. The van der Waals surface area contributed by atoms with Crippen LogP contribution in [0.5, 0.6) is 0 Å². The number of rotatable bonds is 6. The van der Waals surface area contributed by atoms with Gasteiger partial charge in [0.25, 0.3) is 0 Å². The molecule has 0 heterocycles. The summed E-state index contributed by atoms with van der Waals surface area (Å²) in [6, 6.07) is 0.664. The van der Waals surface area contributed by atoms with Gasteiger partial charge >= 0.3 is 8.56 Å². The van der Waals surface area contributed by atoms with E-state index in [0.717, 1.165) is 0 Å². The van der Waals surface area contributed by atoms with Crippen molar-refractivity contribution >= 4 is 8.56 Å². The average molecular weight is 219 g/mol. The number of allylic oxidation sites excluding steroid dienone is 1. The Labute approximate surface area is 86.5 Å². The van der Waals surface area contributed by atoms with Gasteiger partial charge in [-0.25, -0.2) is 0 Å². The normalized spacial score (nSPS) is 17.0. The predicted molar refractivity (Wildman–Crippen MR) is 59.2 cm³/mol. The van der Waals surface area contributed by atoms with Crippen LogP contribution in [0.1, 0.15) is 13.3 Å². The molecule has 0 aromatic heterocycles. The topological polar surface area (TPSA) is 96.5 Å². The lowest BCUT2D eigenvalue weighted by Gasteiger charge is -2.27. The van der Waals surface area contributed by atoms with Gasteiger partial charge in [0, 0.05) is 13.2 Å². The molecular formula is C8H21N3O2Si. The average Bonchev–Trinajstić information content (AvgIpc) is 2.10. The van der Waals surface area contributed by atoms with Crippen molar-refractivity contribution in [2.24, 2.45) is 17.2 Å². The van der Waals surface area contributed by atoms with Crippen LogP contribution in [0.2, 0.25) is 12.6 Å². The quantitative estimate of drug-likeness (QED) is 0.336. The highest BCUT2D eigenvalue weighted by Gasteiger charge is 2.33. The molecule has 0 amide bonds. The SMILES string of the molecule is CC=CO[Si](C)(CCC(N)(N)N)OC. The molecule has 0 aromatic rings. The molecule has 0 bridgehead atoms. The van der Waals surface area contributed by atoms with E-state index in [1.807, 2.05) is 19.5 Å². The molecule has 84 valence electrons. The van der Waals surface area contributed by atoms with E-state index >= 15 is 0 Å². The van der Waals surface area contributed by atoms with Gasteiger partial charge in [-0.15, -0.1) is 0 Å². The summed E-state index contributed by atoms with van der Waals surface area (Å²) in [4.78, 5) is 0. The van der Waals surface area contributed by atoms with Gasteiger partial charge in [-0.2, -0.15) is 0 Å². The fraction of sp³-hybridized carbons (Fsp3) is 0.750. The summed E-state index contributed by atoms with van der Waals surface area (Å²) in [5.41, 5.74) is 16.4. The highest BCUT2D eigenvalue weighted by molar-refractivity contribution is 6.66. The Hall–Kier alpha value is -0.403. The second-order valence-corrected chi connectivity index (χ2v) is 6.95. The highest BCUT2D eigenvalue weighted by atomic mass is 28.4. The molecule has 1 atom stereocenters. The van der Waals surface area contributed by atoms with Gasteiger partial charge in [-0.05, 0) is 19.9 Å². The molecule has 0 aromatic carbocycles. The molecule has 0 saturated carbocycles. The molecule has 0 aliphatic heterocycles. The summed E-state index contributed by atoms with van der Waals surface area (Å²) in [6.45, 7) is 3.82. The fourth-order valence-electron chi connectivity index (χ4n) is 0.865. The Morgan fingerprint density at radius 3 is 2.29 bits per heavy atom. The molecule has 0 spiro atoms. The molecule has 0 aliphatic rings. The molecular weight excluding hydrogens is 198 g/mol. The summed E-state index contributed by atoms with van der Waals surface area (Å²) >= 11 is 0. The molecule has 1 unspecified atom stereocenters. The monoisotopic (exact) mass is 219 g/mol. The van der Waals surface area contributed by atoms with E-state index in [0.29, 0.717) is 12.5 Å². The van der Waals surface area contributed by atoms with Crippen LogP contribution in [0, 0.1) is 0 Å². The fourth-order valence-corrected chi connectivity index (χ4v) is 2.59. The molecule has 0 rings (SSSR count). The van der Waals surface area contributed by atoms with E-state index in [4.69, 9.17) is 26.1 Å². The molecule has 0 radical (unpaired) electrons. The van der Waals surface area contributed by atoms with E-state index in [1.165, 1.54) is 0 Å². The Morgan fingerprint density at radius 1 is 1.36 bits per heavy atom. The third-order valence-corrected chi connectivity index (χ3v) is 4.55. The van der Waals surface area contributed by atoms with Crippen LogP contribution in [0.4, 0.5) is 0 Å². The van der Waals surface area contributed by atoms with Gasteiger partial charge in [-0.3, -0.25) is 0 Å². The summed E-state index contributed by atoms with van der Waals surface area (Å²) in [6.07, 6.45) is 3.91. The maximum absolute atomic E-state index is 5.49. The van der Waals surface area contributed by atoms with Gasteiger partial charge in [0.15, 0.2) is 0 Å². The minimum Gasteiger partial charge on any atom is -0.527 e. The van der Waals surface area contributed by atoms with Gasteiger partial charge in [0.2, 0.25) is 0 Å². The summed E-state index contributed by atoms with van der Waals surface area (Å²) < 4.78 is 10.8. The first-order chi connectivity index (χ1) is 6.33. The van der Waals surface area contributed by atoms with E-state index in [1.54, 1.807) is 13.4 Å². The van der Waals surface area contributed by atoms with Crippen molar-refractivity contribution in [2.45, 2.75) is 31.7 Å². The molecule has 0 saturated heterocycles. The largest absolute Gasteiger partial charge is 0.527 e. The lowest BCUT2D eigenvalue weighted by atomic mass is 10.3. The van der Waals surface area contributed by atoms with Crippen molar-refractivity contribution in [1.82, 2.24) is 0 Å². The van der Waals surface area contributed by atoms with Crippen molar-refractivity contribution in [3.63, 3.8) is 0 Å². The van der Waals surface area contributed by atoms with Gasteiger partial charge in [-0.1, -0.05) is 6.08 Å². The molecule has 6 heteroatoms. The van der Waals surface area contributed by atoms with Crippen molar-refractivity contribution in [2.75, 3.05) is 7.11 Å². The zero-order valence-corrected chi connectivity index (χ0v) is 10.1. The zero-order valence-electron chi connectivity index (χ0n) is 9.12. The van der Waals surface area contributed by atoms with Crippen LogP contribution in [0.3, 0.4) is 0 Å². The molecule has 0 aliphatic carbocycles. The van der Waals surface area contributed by atoms with Gasteiger partial charge in [0.1, 0.15) is 5.79 Å². The van der Waals surface area contributed by atoms with Crippen LogP contribution in [-0.4, -0.2) is 21.5 Å². The van der Waals surface area contributed by atoms with Crippen molar-refractivity contribution in [1.29, 1.82) is 0 Å². The second-order valence-electron chi connectivity index (χ2n) is 3.54. The smallest absolute Gasteiger partial charge is 0.395 e. The van der Waals surface area contributed by atoms with Crippen LogP contribution in [0.15, 0.2) is 12.3 Å². The minimum atomic E-state index is -2.18. The van der Waals surface area contributed by atoms with E-state index in [-0.39, 0.29) is 0 Å². The van der Waals surface area contributed by atoms with Crippen LogP contribution < -0.4 is 17.2 Å². The first-order valence-electron chi connectivity index (χ1n) is 4.54. The summed E-state index contributed by atoms with van der Waals surface area (Å²) in [7, 11) is -0.555. The van der Waals surface area contributed by atoms with Crippen molar-refractivity contribution < 1.29 is 8.85 Å². The Balaban J connectivity index is 4.12. The highest BCUT2D eigenvalue weighted by Crippen LogP contribution is 2.16. The third kappa shape index (κ3) is 6.11. The van der Waals surface area contributed by atoms with E-state index in [9.17, 15) is 0 Å². The first kappa shape index (κ1) is 13.6. The van der Waals surface area contributed by atoms with Gasteiger partial charge < -0.3 is 26.1 Å². The Bertz CT molecular complexity index is 194. The second kappa shape index (κ2) is 5.47. The first-order valence-corrected chi connectivity index (χ1v) is 7.06. The Kier molecular flexibility index (Phi) is 5.31. The maximum Gasteiger partial charge on any atom is 0.395 e. The van der Waals surface area contributed by atoms with Crippen LogP contribution in [-0.2, 0) is 8.85 Å². The van der Waals surface area contributed by atoms with E-state index in [2.05, 4.69) is 0 Å². The van der Waals surface area contributed by atoms with Crippen LogP contribution >= 0.6 is 0 Å². The molecule has 6 N–H and O–H groups in total. The Morgan fingerprint density at radius 2 is 1.93 bits per heavy atom. The van der Waals surface area contributed by atoms with Crippen molar-refractivity contribution in [3.8, 4) is 0 Å².